The maximum atomic E-state index is 13.4. The molecule has 0 radical (unpaired) electrons. The molecule has 2 atom stereocenters. The smallest absolute Gasteiger partial charge is 0.438 e. The first kappa shape index (κ1) is 24.4. The van der Waals surface area contributed by atoms with Crippen LogP contribution in [0, 0.1) is 5.92 Å². The van der Waals surface area contributed by atoms with Crippen molar-refractivity contribution in [3.8, 4) is 0 Å². The Morgan fingerprint density at radius 1 is 1.08 bits per heavy atom. The Balaban J connectivity index is 1.43. The number of carbonyl (C=O) groups is 1. The van der Waals surface area contributed by atoms with Crippen LogP contribution in [0.5, 0.6) is 0 Å². The SMILES string of the molecule is O=C(N[C@@H](CC1CC1)B(O)O)[C@H](Cc1ccccc1)NS(=O)(=O)c1ccc2oc3ncccc3c2c1. The zero-order chi connectivity index (χ0) is 25.3. The number of furan rings is 1. The van der Waals surface area contributed by atoms with Crippen molar-refractivity contribution in [2.45, 2.75) is 42.6 Å². The van der Waals surface area contributed by atoms with Crippen LogP contribution in [0.25, 0.3) is 22.1 Å². The number of sulfonamides is 1. The van der Waals surface area contributed by atoms with E-state index < -0.39 is 35.0 Å². The molecule has 186 valence electrons. The highest BCUT2D eigenvalue weighted by Crippen LogP contribution is 2.34. The quantitative estimate of drug-likeness (QED) is 0.241. The highest BCUT2D eigenvalue weighted by molar-refractivity contribution is 7.89. The molecule has 4 N–H and O–H groups in total. The lowest BCUT2D eigenvalue weighted by molar-refractivity contribution is -0.123. The van der Waals surface area contributed by atoms with Crippen LogP contribution >= 0.6 is 0 Å². The topological polar surface area (TPSA) is 142 Å². The van der Waals surface area contributed by atoms with Crippen LogP contribution < -0.4 is 10.0 Å². The molecule has 5 rings (SSSR count). The van der Waals surface area contributed by atoms with Gasteiger partial charge in [-0.3, -0.25) is 4.79 Å². The first-order valence-corrected chi connectivity index (χ1v) is 13.3. The molecule has 2 heterocycles. The molecule has 9 nitrogen and oxygen atoms in total. The lowest BCUT2D eigenvalue weighted by atomic mass is 9.76. The first-order chi connectivity index (χ1) is 17.3. The van der Waals surface area contributed by atoms with Gasteiger partial charge in [-0.2, -0.15) is 4.72 Å². The van der Waals surface area contributed by atoms with E-state index in [1.54, 1.807) is 48.7 Å². The largest absolute Gasteiger partial charge is 0.475 e. The number of carbonyl (C=O) groups excluding carboxylic acids is 1. The van der Waals surface area contributed by atoms with Gasteiger partial charge in [0.05, 0.1) is 10.8 Å². The number of rotatable bonds is 10. The number of amides is 1. The van der Waals surface area contributed by atoms with Gasteiger partial charge in [-0.05, 0) is 54.7 Å². The highest BCUT2D eigenvalue weighted by atomic mass is 32.2. The Morgan fingerprint density at radius 2 is 1.86 bits per heavy atom. The van der Waals surface area contributed by atoms with Crippen LogP contribution in [-0.2, 0) is 21.2 Å². The molecule has 0 spiro atoms. The summed E-state index contributed by atoms with van der Waals surface area (Å²) in [7, 11) is -5.87. The average molecular weight is 507 g/mol. The molecule has 2 aromatic heterocycles. The van der Waals surface area contributed by atoms with Gasteiger partial charge in [0.25, 0.3) is 0 Å². The predicted molar refractivity (Wildman–Crippen MR) is 135 cm³/mol. The maximum absolute atomic E-state index is 13.4. The van der Waals surface area contributed by atoms with E-state index in [1.807, 2.05) is 6.07 Å². The van der Waals surface area contributed by atoms with E-state index in [-0.39, 0.29) is 11.3 Å². The predicted octanol–water partition coefficient (Wildman–Crippen LogP) is 2.17. The van der Waals surface area contributed by atoms with E-state index in [0.29, 0.717) is 34.4 Å². The molecule has 0 unspecified atom stereocenters. The maximum Gasteiger partial charge on any atom is 0.475 e. The number of pyridine rings is 1. The van der Waals surface area contributed by atoms with E-state index in [9.17, 15) is 23.3 Å². The monoisotopic (exact) mass is 507 g/mol. The minimum absolute atomic E-state index is 0.0239. The Hall–Kier alpha value is -3.25. The van der Waals surface area contributed by atoms with E-state index in [2.05, 4.69) is 15.0 Å². The summed E-state index contributed by atoms with van der Waals surface area (Å²) in [5, 5.41) is 23.5. The molecule has 0 bridgehead atoms. The molecule has 1 saturated carbocycles. The summed E-state index contributed by atoms with van der Waals surface area (Å²) < 4.78 is 35.0. The molecule has 1 amide bonds. The fraction of sp³-hybridized carbons (Fsp3) is 0.280. The molecule has 1 aliphatic carbocycles. The lowest BCUT2D eigenvalue weighted by Crippen LogP contribution is -2.54. The fourth-order valence-electron chi connectivity index (χ4n) is 4.30. The molecular formula is C25H26BN3O6S. The summed E-state index contributed by atoms with van der Waals surface area (Å²) in [4.78, 5) is 17.4. The van der Waals surface area contributed by atoms with E-state index >= 15 is 0 Å². The average Bonchev–Trinajstić information content (AvgIpc) is 3.61. The normalized spacial score (nSPS) is 15.6. The second-order valence-corrected chi connectivity index (χ2v) is 10.9. The van der Waals surface area contributed by atoms with Crippen LogP contribution in [0.2, 0.25) is 0 Å². The molecule has 1 aliphatic rings. The van der Waals surface area contributed by atoms with E-state index in [0.717, 1.165) is 18.4 Å². The third-order valence-corrected chi connectivity index (χ3v) is 7.87. The molecule has 1 fully saturated rings. The van der Waals surface area contributed by atoms with Gasteiger partial charge in [-0.1, -0.05) is 43.2 Å². The Labute approximate surface area is 208 Å². The fourth-order valence-corrected chi connectivity index (χ4v) is 5.52. The molecule has 4 aromatic rings. The molecular weight excluding hydrogens is 481 g/mol. The van der Waals surface area contributed by atoms with Crippen LogP contribution in [0.15, 0.2) is 76.2 Å². The number of aromatic nitrogens is 1. The van der Waals surface area contributed by atoms with Gasteiger partial charge in [0.15, 0.2) is 0 Å². The van der Waals surface area contributed by atoms with Crippen molar-refractivity contribution >= 4 is 45.1 Å². The number of nitrogens with one attached hydrogen (secondary N) is 2. The Kier molecular flexibility index (Phi) is 6.80. The zero-order valence-electron chi connectivity index (χ0n) is 19.4. The van der Waals surface area contributed by atoms with Crippen molar-refractivity contribution in [1.29, 1.82) is 0 Å². The summed E-state index contributed by atoms with van der Waals surface area (Å²) in [5.41, 5.74) is 1.66. The van der Waals surface area contributed by atoms with Crippen molar-refractivity contribution in [2.75, 3.05) is 0 Å². The third-order valence-electron chi connectivity index (χ3n) is 6.40. The van der Waals surface area contributed by atoms with Crippen LogP contribution in [0.3, 0.4) is 0 Å². The molecule has 0 aliphatic heterocycles. The lowest BCUT2D eigenvalue weighted by Gasteiger charge is -2.23. The minimum atomic E-state index is -4.13. The second-order valence-electron chi connectivity index (χ2n) is 9.19. The van der Waals surface area contributed by atoms with Gasteiger partial charge in [0, 0.05) is 17.0 Å². The summed E-state index contributed by atoms with van der Waals surface area (Å²) >= 11 is 0. The van der Waals surface area contributed by atoms with Gasteiger partial charge in [-0.15, -0.1) is 0 Å². The van der Waals surface area contributed by atoms with Gasteiger partial charge >= 0.3 is 7.12 Å². The first-order valence-electron chi connectivity index (χ1n) is 11.8. The van der Waals surface area contributed by atoms with Gasteiger partial charge < -0.3 is 19.8 Å². The third kappa shape index (κ3) is 5.44. The summed E-state index contributed by atoms with van der Waals surface area (Å²) in [6.45, 7) is 0. The van der Waals surface area contributed by atoms with Gasteiger partial charge in [-0.25, -0.2) is 13.4 Å². The molecule has 2 aromatic carbocycles. The standard InChI is InChI=1S/C25H26BN3O6S/c30-24(28-23(26(31)32)14-17-8-9-17)21(13-16-5-2-1-3-6-16)29-36(33,34)18-10-11-22-20(15-18)19-7-4-12-27-25(19)35-22/h1-7,10-12,15,17,21,23,29,31-32H,8-9,13-14H2,(H,28,30)/t21-,23-/m0/s1. The zero-order valence-corrected chi connectivity index (χ0v) is 20.2. The Bertz CT molecular complexity index is 1490. The highest BCUT2D eigenvalue weighted by Gasteiger charge is 2.35. The van der Waals surface area contributed by atoms with E-state index in [4.69, 9.17) is 4.42 Å². The van der Waals surface area contributed by atoms with Crippen molar-refractivity contribution in [3.63, 3.8) is 0 Å². The van der Waals surface area contributed by atoms with Crippen LogP contribution in [0.4, 0.5) is 0 Å². The van der Waals surface area contributed by atoms with Crippen molar-refractivity contribution < 1.29 is 27.7 Å². The molecule has 0 saturated heterocycles. The minimum Gasteiger partial charge on any atom is -0.438 e. The number of hydrogen-bond donors (Lipinski definition) is 4. The number of benzene rings is 2. The summed E-state index contributed by atoms with van der Waals surface area (Å²) in [5.74, 6) is -1.18. The number of hydrogen-bond acceptors (Lipinski definition) is 7. The van der Waals surface area contributed by atoms with Gasteiger partial charge in [0.1, 0.15) is 11.6 Å². The number of nitrogens with zero attached hydrogens (tertiary/aromatic N) is 1. The van der Waals surface area contributed by atoms with E-state index in [1.165, 1.54) is 12.1 Å². The molecule has 11 heteroatoms. The van der Waals surface area contributed by atoms with Crippen LogP contribution in [-0.4, -0.2) is 48.5 Å². The van der Waals surface area contributed by atoms with Gasteiger partial charge in [0.2, 0.25) is 21.6 Å². The molecule has 36 heavy (non-hydrogen) atoms. The van der Waals surface area contributed by atoms with Crippen molar-refractivity contribution in [1.82, 2.24) is 15.0 Å². The summed E-state index contributed by atoms with van der Waals surface area (Å²) in [6, 6.07) is 15.9. The summed E-state index contributed by atoms with van der Waals surface area (Å²) in [6.07, 6.45) is 4.05. The van der Waals surface area contributed by atoms with Crippen molar-refractivity contribution in [3.05, 3.63) is 72.4 Å². The Morgan fingerprint density at radius 3 is 2.58 bits per heavy atom. The van der Waals surface area contributed by atoms with Crippen LogP contribution in [0.1, 0.15) is 24.8 Å². The second kappa shape index (κ2) is 10.0. The van der Waals surface area contributed by atoms with Crippen molar-refractivity contribution in [2.24, 2.45) is 5.92 Å². The number of fused-ring (bicyclic) bond motifs is 3.